The van der Waals surface area contributed by atoms with Gasteiger partial charge in [-0.05, 0) is 55.0 Å². The molecule has 4 rings (SSSR count). The van der Waals surface area contributed by atoms with Crippen LogP contribution in [-0.4, -0.2) is 44.2 Å². The Morgan fingerprint density at radius 3 is 2.63 bits per heavy atom. The van der Waals surface area contributed by atoms with Crippen molar-refractivity contribution in [2.24, 2.45) is 0 Å². The van der Waals surface area contributed by atoms with Crippen LogP contribution in [0.25, 0.3) is 5.82 Å². The summed E-state index contributed by atoms with van der Waals surface area (Å²) in [6.45, 7) is 0.627. The minimum Gasteiger partial charge on any atom is -0.469 e. The van der Waals surface area contributed by atoms with Crippen molar-refractivity contribution < 1.29 is 9.53 Å². The number of methoxy groups -OCH3 is 1. The summed E-state index contributed by atoms with van der Waals surface area (Å²) in [4.78, 5) is 22.8. The maximum Gasteiger partial charge on any atom is 0.305 e. The van der Waals surface area contributed by atoms with E-state index < -0.39 is 0 Å². The number of carbonyl (C=O) groups is 1. The average molecular weight is 422 g/mol. The molecule has 3 aromatic heterocycles. The fourth-order valence-electron chi connectivity index (χ4n) is 3.80. The molecule has 2 atom stereocenters. The molecule has 0 saturated carbocycles. The Hall–Kier alpha value is -3.26. The van der Waals surface area contributed by atoms with Crippen molar-refractivity contribution in [1.82, 2.24) is 24.8 Å². The first kappa shape index (κ1) is 20.0. The number of thiocarbonyl (C=S) groups is 1. The quantitative estimate of drug-likeness (QED) is 0.464. The van der Waals surface area contributed by atoms with E-state index in [0.717, 1.165) is 17.2 Å². The van der Waals surface area contributed by atoms with Gasteiger partial charge in [0.1, 0.15) is 5.82 Å². The van der Waals surface area contributed by atoms with Crippen LogP contribution in [0, 0.1) is 0 Å². The fourth-order valence-corrected chi connectivity index (χ4v) is 4.14. The molecule has 4 heterocycles. The molecule has 0 aliphatic carbocycles. The van der Waals surface area contributed by atoms with E-state index in [2.05, 4.69) is 30.8 Å². The van der Waals surface area contributed by atoms with E-state index in [4.69, 9.17) is 17.0 Å². The van der Waals surface area contributed by atoms with Crippen LogP contribution >= 0.6 is 12.2 Å². The lowest BCUT2D eigenvalue weighted by Gasteiger charge is -2.28. The predicted octanol–water partition coefficient (Wildman–Crippen LogP) is 3.19. The summed E-state index contributed by atoms with van der Waals surface area (Å²) in [5.74, 6) is 0.618. The van der Waals surface area contributed by atoms with E-state index in [1.54, 1.807) is 12.4 Å². The fraction of sp³-hybridized carbons (Fsp3) is 0.273. The molecule has 1 saturated heterocycles. The highest BCUT2D eigenvalue weighted by atomic mass is 32.1. The molecule has 0 spiro atoms. The molecule has 30 heavy (non-hydrogen) atoms. The highest BCUT2D eigenvalue weighted by Crippen LogP contribution is 2.39. The molecule has 8 heteroatoms. The van der Waals surface area contributed by atoms with Gasteiger partial charge in [0.25, 0.3) is 0 Å². The Labute approximate surface area is 180 Å². The molecule has 1 fully saturated rings. The molecule has 1 aliphatic rings. The number of hydrogen-bond acceptors (Lipinski definition) is 5. The SMILES string of the molecule is COC(=O)CCCN1C(=S)N[C@H](c2ccccn2)[C@H]1c1cccn1-c1ccccn1. The molecule has 154 valence electrons. The number of ether oxygens (including phenoxy) is 1. The van der Waals surface area contributed by atoms with Gasteiger partial charge in [-0.1, -0.05) is 12.1 Å². The Morgan fingerprint density at radius 2 is 1.93 bits per heavy atom. The summed E-state index contributed by atoms with van der Waals surface area (Å²) < 4.78 is 6.85. The lowest BCUT2D eigenvalue weighted by Crippen LogP contribution is -2.31. The summed E-state index contributed by atoms with van der Waals surface area (Å²) in [6.07, 6.45) is 6.55. The van der Waals surface area contributed by atoms with Crippen molar-refractivity contribution in [3.05, 3.63) is 78.5 Å². The molecule has 7 nitrogen and oxygen atoms in total. The first-order valence-electron chi connectivity index (χ1n) is 9.82. The number of hydrogen-bond donors (Lipinski definition) is 1. The summed E-state index contributed by atoms with van der Waals surface area (Å²) in [5.41, 5.74) is 1.96. The van der Waals surface area contributed by atoms with Crippen LogP contribution in [0.4, 0.5) is 0 Å². The lowest BCUT2D eigenvalue weighted by molar-refractivity contribution is -0.140. The number of nitrogens with one attached hydrogen (secondary N) is 1. The summed E-state index contributed by atoms with van der Waals surface area (Å²) in [6, 6.07) is 15.6. The number of carbonyl (C=O) groups excluding carboxylic acids is 1. The molecule has 0 radical (unpaired) electrons. The first-order chi connectivity index (χ1) is 14.7. The van der Waals surface area contributed by atoms with Crippen LogP contribution in [0.5, 0.6) is 0 Å². The zero-order valence-electron chi connectivity index (χ0n) is 16.6. The van der Waals surface area contributed by atoms with E-state index in [0.29, 0.717) is 24.5 Å². The zero-order chi connectivity index (χ0) is 20.9. The normalized spacial score (nSPS) is 18.3. The van der Waals surface area contributed by atoms with Gasteiger partial charge < -0.3 is 19.5 Å². The molecule has 1 aliphatic heterocycles. The highest BCUT2D eigenvalue weighted by molar-refractivity contribution is 7.80. The molecule has 0 aromatic carbocycles. The molecule has 0 unspecified atom stereocenters. The standard InChI is InChI=1S/C22H23N5O2S/c1-29-19(28)11-7-15-27-21(20(25-22(27)30)16-8-2-4-12-23-16)17-9-6-14-26(17)18-10-3-5-13-24-18/h2-6,8-10,12-14,20-21H,7,11,15H2,1H3,(H,25,30)/t20-,21-/m1/s1. The van der Waals surface area contributed by atoms with Gasteiger partial charge in [0.2, 0.25) is 0 Å². The van der Waals surface area contributed by atoms with Crippen LogP contribution in [0.1, 0.15) is 36.3 Å². The molecular weight excluding hydrogens is 398 g/mol. The maximum atomic E-state index is 11.6. The van der Waals surface area contributed by atoms with Crippen molar-refractivity contribution in [1.29, 1.82) is 0 Å². The Morgan fingerprint density at radius 1 is 1.13 bits per heavy atom. The Kier molecular flexibility index (Phi) is 6.04. The number of nitrogens with zero attached hydrogens (tertiary/aromatic N) is 4. The molecule has 0 bridgehead atoms. The van der Waals surface area contributed by atoms with E-state index in [1.165, 1.54) is 7.11 Å². The second-order valence-corrected chi connectivity index (χ2v) is 7.38. The summed E-state index contributed by atoms with van der Waals surface area (Å²) >= 11 is 5.68. The van der Waals surface area contributed by atoms with Gasteiger partial charge in [-0.3, -0.25) is 9.78 Å². The third kappa shape index (κ3) is 4.04. The lowest BCUT2D eigenvalue weighted by atomic mass is 10.0. The number of esters is 1. The number of pyridine rings is 2. The third-order valence-corrected chi connectivity index (χ3v) is 5.54. The van der Waals surface area contributed by atoms with E-state index in [-0.39, 0.29) is 18.1 Å². The van der Waals surface area contributed by atoms with Crippen LogP contribution in [-0.2, 0) is 9.53 Å². The molecular formula is C22H23N5O2S. The van der Waals surface area contributed by atoms with Crippen LogP contribution in [0.15, 0.2) is 67.1 Å². The van der Waals surface area contributed by atoms with Gasteiger partial charge in [-0.15, -0.1) is 0 Å². The summed E-state index contributed by atoms with van der Waals surface area (Å²) in [5, 5.41) is 4.08. The highest BCUT2D eigenvalue weighted by Gasteiger charge is 2.41. The van der Waals surface area contributed by atoms with Crippen LogP contribution in [0.2, 0.25) is 0 Å². The van der Waals surface area contributed by atoms with Gasteiger partial charge in [-0.2, -0.15) is 0 Å². The van der Waals surface area contributed by atoms with Crippen LogP contribution in [0.3, 0.4) is 0 Å². The zero-order valence-corrected chi connectivity index (χ0v) is 17.5. The largest absolute Gasteiger partial charge is 0.469 e. The second-order valence-electron chi connectivity index (χ2n) is 6.99. The number of rotatable bonds is 7. The van der Waals surface area contributed by atoms with E-state index in [1.807, 2.05) is 48.7 Å². The van der Waals surface area contributed by atoms with Crippen molar-refractivity contribution >= 4 is 23.3 Å². The van der Waals surface area contributed by atoms with Gasteiger partial charge in [0.05, 0.1) is 24.9 Å². The monoisotopic (exact) mass is 421 g/mol. The Bertz CT molecular complexity index is 1010. The molecule has 1 N–H and O–H groups in total. The average Bonchev–Trinajstić information content (AvgIpc) is 3.39. The first-order valence-corrected chi connectivity index (χ1v) is 10.2. The second kappa shape index (κ2) is 9.04. The van der Waals surface area contributed by atoms with Gasteiger partial charge >= 0.3 is 5.97 Å². The smallest absolute Gasteiger partial charge is 0.305 e. The topological polar surface area (TPSA) is 72.3 Å². The van der Waals surface area contributed by atoms with Crippen molar-refractivity contribution in [3.63, 3.8) is 0 Å². The minimum absolute atomic E-state index is 0.0953. The van der Waals surface area contributed by atoms with Gasteiger partial charge in [0.15, 0.2) is 5.11 Å². The minimum atomic E-state index is -0.220. The van der Waals surface area contributed by atoms with Crippen molar-refractivity contribution in [3.8, 4) is 5.82 Å². The Balaban J connectivity index is 1.70. The predicted molar refractivity (Wildman–Crippen MR) is 117 cm³/mol. The van der Waals surface area contributed by atoms with Crippen molar-refractivity contribution in [2.45, 2.75) is 24.9 Å². The van der Waals surface area contributed by atoms with E-state index >= 15 is 0 Å². The van der Waals surface area contributed by atoms with Crippen molar-refractivity contribution in [2.75, 3.05) is 13.7 Å². The molecule has 0 amide bonds. The van der Waals surface area contributed by atoms with Crippen LogP contribution < -0.4 is 5.32 Å². The van der Waals surface area contributed by atoms with E-state index in [9.17, 15) is 4.79 Å². The van der Waals surface area contributed by atoms with Gasteiger partial charge in [0, 0.05) is 37.3 Å². The third-order valence-electron chi connectivity index (χ3n) is 5.18. The maximum absolute atomic E-state index is 11.6. The molecule has 3 aromatic rings. The number of aromatic nitrogens is 3. The summed E-state index contributed by atoms with van der Waals surface area (Å²) in [7, 11) is 1.41. The van der Waals surface area contributed by atoms with Gasteiger partial charge in [-0.25, -0.2) is 4.98 Å².